The topological polar surface area (TPSA) is 409 Å². The van der Waals surface area contributed by atoms with E-state index in [9.17, 15) is 74.2 Å². The lowest BCUT2D eigenvalue weighted by Gasteiger charge is -2.48. The number of rotatable bonds is 14. The van der Waals surface area contributed by atoms with Crippen LogP contribution in [0.3, 0.4) is 0 Å². The number of aliphatic hydroxyl groups is 11. The second-order valence-corrected chi connectivity index (χ2v) is 14.2. The fraction of sp³-hybridized carbons (Fsp3) is 0.929. The third kappa shape index (κ3) is 10.8. The molecule has 0 radical (unpaired) electrons. The van der Waals surface area contributed by atoms with Crippen molar-refractivity contribution >= 4 is 22.2 Å². The van der Waals surface area contributed by atoms with E-state index in [1.165, 1.54) is 0 Å². The van der Waals surface area contributed by atoms with Gasteiger partial charge in [0, 0.05) is 13.8 Å². The van der Waals surface area contributed by atoms with E-state index in [1.807, 2.05) is 0 Å². The Morgan fingerprint density at radius 3 is 1.60 bits per heavy atom. The molecule has 0 spiro atoms. The lowest BCUT2D eigenvalue weighted by atomic mass is 9.94. The number of carbonyl (C=O) groups is 2. The highest BCUT2D eigenvalue weighted by Crippen LogP contribution is 2.33. The summed E-state index contributed by atoms with van der Waals surface area (Å²) < 4.78 is 75.1. The van der Waals surface area contributed by atoms with Gasteiger partial charge in [0.05, 0.1) is 26.4 Å². The Labute approximate surface area is 311 Å². The Kier molecular flexibility index (Phi) is 16.0. The van der Waals surface area contributed by atoms with Gasteiger partial charge in [0.1, 0.15) is 97.5 Å². The molecule has 4 heterocycles. The molecule has 14 N–H and O–H groups in total. The van der Waals surface area contributed by atoms with E-state index in [2.05, 4.69) is 14.8 Å². The van der Waals surface area contributed by atoms with Crippen LogP contribution in [0, 0.1) is 0 Å². The molecular weight excluding hydrogens is 780 g/mol. The van der Waals surface area contributed by atoms with Gasteiger partial charge in [-0.25, -0.2) is 4.18 Å². The van der Waals surface area contributed by atoms with Crippen LogP contribution in [-0.2, 0) is 57.3 Å². The summed E-state index contributed by atoms with van der Waals surface area (Å²) in [4.78, 5) is 24.2. The number of aliphatic hydroxyl groups excluding tert-OH is 11. The van der Waals surface area contributed by atoms with Crippen molar-refractivity contribution in [2.24, 2.45) is 0 Å². The van der Waals surface area contributed by atoms with Gasteiger partial charge in [0.15, 0.2) is 25.2 Å². The number of hydrogen-bond acceptors (Lipinski definition) is 23. The summed E-state index contributed by atoms with van der Waals surface area (Å²) in [6, 6.07) is -3.17. The van der Waals surface area contributed by atoms with Crippen LogP contribution in [0.4, 0.5) is 0 Å². The van der Waals surface area contributed by atoms with Crippen molar-refractivity contribution in [3.05, 3.63) is 0 Å². The first kappa shape index (κ1) is 45.8. The van der Waals surface area contributed by atoms with Crippen molar-refractivity contribution in [3.8, 4) is 0 Å². The molecule has 4 aliphatic heterocycles. The maximum absolute atomic E-state index is 12.2. The number of amides is 2. The monoisotopic (exact) mass is 828 g/mol. The van der Waals surface area contributed by atoms with Crippen molar-refractivity contribution in [1.82, 2.24) is 10.6 Å². The summed E-state index contributed by atoms with van der Waals surface area (Å²) in [5.41, 5.74) is 0. The number of nitrogens with one attached hydrogen (secondary N) is 2. The Bertz CT molecular complexity index is 1380. The molecule has 4 aliphatic rings. The first-order valence-corrected chi connectivity index (χ1v) is 18.1. The molecule has 320 valence electrons. The number of ether oxygens (including phenoxy) is 7. The standard InChI is InChI=1S/C28H48N2O24S/c1-7(34)29-13-18(39)22(52-28-21(42)24(54-55(44,45)46)16(37)10(4-32)50-28)11(5-33)51-26(13)47-6-12-17(38)23(14(25(43)48-12)30-8(2)35)53-27-20(41)19(40)15(36)9(3-31)49-27/h9-28,31-33,36-43H,3-6H2,1-2H3,(H,29,34)(H,30,35)(H,44,45,46)/t9-,10-,11-,12-,13-,14-,15+,16+,17+,18-,19+,20-,21-,22-,23-,24+,25?,26-,27+,28+/m1/s1. The predicted octanol–water partition coefficient (Wildman–Crippen LogP) is -9.63. The zero-order chi connectivity index (χ0) is 41.1. The zero-order valence-corrected chi connectivity index (χ0v) is 29.9. The van der Waals surface area contributed by atoms with Crippen LogP contribution in [-0.4, -0.2) is 230 Å². The summed E-state index contributed by atoms with van der Waals surface area (Å²) >= 11 is 0. The van der Waals surface area contributed by atoms with Gasteiger partial charge in [-0.1, -0.05) is 0 Å². The fourth-order valence-corrected chi connectivity index (χ4v) is 6.99. The molecule has 20 atom stereocenters. The van der Waals surface area contributed by atoms with E-state index in [0.29, 0.717) is 0 Å². The molecule has 0 aliphatic carbocycles. The van der Waals surface area contributed by atoms with Crippen molar-refractivity contribution in [1.29, 1.82) is 0 Å². The second kappa shape index (κ2) is 19.2. The minimum absolute atomic E-state index is 0.734. The molecule has 4 saturated heterocycles. The maximum atomic E-state index is 12.2. The van der Waals surface area contributed by atoms with Crippen LogP contribution in [0.1, 0.15) is 13.8 Å². The van der Waals surface area contributed by atoms with E-state index in [1.54, 1.807) is 0 Å². The van der Waals surface area contributed by atoms with E-state index in [0.717, 1.165) is 13.8 Å². The van der Waals surface area contributed by atoms with Gasteiger partial charge in [-0.15, -0.1) is 0 Å². The van der Waals surface area contributed by atoms with Crippen LogP contribution in [0.2, 0.25) is 0 Å². The highest BCUT2D eigenvalue weighted by Gasteiger charge is 2.55. The van der Waals surface area contributed by atoms with Crippen LogP contribution in [0.25, 0.3) is 0 Å². The molecule has 27 heteroatoms. The molecule has 2 amide bonds. The highest BCUT2D eigenvalue weighted by molar-refractivity contribution is 7.80. The lowest BCUT2D eigenvalue weighted by molar-refractivity contribution is -0.355. The first-order chi connectivity index (χ1) is 25.7. The van der Waals surface area contributed by atoms with Gasteiger partial charge < -0.3 is 100.0 Å². The highest BCUT2D eigenvalue weighted by atomic mass is 32.3. The molecule has 0 aromatic rings. The summed E-state index contributed by atoms with van der Waals surface area (Å²) in [5, 5.41) is 119. The van der Waals surface area contributed by atoms with Crippen LogP contribution >= 0.6 is 0 Å². The molecule has 0 bridgehead atoms. The van der Waals surface area contributed by atoms with Gasteiger partial charge in [0.25, 0.3) is 0 Å². The van der Waals surface area contributed by atoms with Gasteiger partial charge >= 0.3 is 10.4 Å². The first-order valence-electron chi connectivity index (χ1n) is 16.7. The van der Waals surface area contributed by atoms with Crippen molar-refractivity contribution in [2.45, 2.75) is 137 Å². The Morgan fingerprint density at radius 2 is 1.05 bits per heavy atom. The van der Waals surface area contributed by atoms with Gasteiger partial charge in [0.2, 0.25) is 11.8 Å². The molecule has 0 saturated carbocycles. The molecule has 4 rings (SSSR count). The Morgan fingerprint density at radius 1 is 0.564 bits per heavy atom. The van der Waals surface area contributed by atoms with E-state index < -0.39 is 171 Å². The third-order valence-corrected chi connectivity index (χ3v) is 9.66. The summed E-state index contributed by atoms with van der Waals surface area (Å²) in [7, 11) is -5.29. The minimum atomic E-state index is -5.29. The van der Waals surface area contributed by atoms with Crippen molar-refractivity contribution in [3.63, 3.8) is 0 Å². The fourth-order valence-electron chi connectivity index (χ4n) is 6.49. The van der Waals surface area contributed by atoms with Crippen molar-refractivity contribution < 1.29 is 116 Å². The molecule has 0 aromatic heterocycles. The van der Waals surface area contributed by atoms with Gasteiger partial charge in [-0.3, -0.25) is 14.1 Å². The summed E-state index contributed by atoms with van der Waals surface area (Å²) in [6.07, 6.45) is -33.3. The second-order valence-electron chi connectivity index (χ2n) is 13.2. The van der Waals surface area contributed by atoms with Crippen LogP contribution in [0.15, 0.2) is 0 Å². The summed E-state index contributed by atoms with van der Waals surface area (Å²) in [6.45, 7) is -1.47. The van der Waals surface area contributed by atoms with Crippen molar-refractivity contribution in [2.75, 3.05) is 26.4 Å². The van der Waals surface area contributed by atoms with Gasteiger partial charge in [-0.05, 0) is 0 Å². The van der Waals surface area contributed by atoms with E-state index >= 15 is 0 Å². The SMILES string of the molecule is CC(=O)N[C@H]1[C@H](OC[C@H]2OC(O)[C@H](NC(C)=O)[C@@H](O[C@@H]3O[C@H](CO)[C@H](O)[C@H](O)[C@H]3O)[C@H]2O)O[C@H](CO)[C@@H](O[C@@H]2O[C@H](CO)[C@H](O)[C@H](OS(=O)(=O)O)[C@H]2O)[C@@H]1O. The maximum Gasteiger partial charge on any atom is 0.397 e. The third-order valence-electron chi connectivity index (χ3n) is 9.20. The Balaban J connectivity index is 1.53. The minimum Gasteiger partial charge on any atom is -0.394 e. The Hall–Kier alpha value is -1.91. The largest absolute Gasteiger partial charge is 0.397 e. The number of hydrogen-bond donors (Lipinski definition) is 14. The molecule has 55 heavy (non-hydrogen) atoms. The lowest BCUT2D eigenvalue weighted by Crippen LogP contribution is -2.69. The zero-order valence-electron chi connectivity index (χ0n) is 29.0. The van der Waals surface area contributed by atoms with E-state index in [4.69, 9.17) is 37.7 Å². The molecule has 1 unspecified atom stereocenters. The quantitative estimate of drug-likeness (QED) is 0.0723. The number of carbonyl (C=O) groups excluding carboxylic acids is 2. The normalized spacial score (nSPS) is 45.5. The average Bonchev–Trinajstić information content (AvgIpc) is 3.11. The summed E-state index contributed by atoms with van der Waals surface area (Å²) in [5.74, 6) is -1.51. The van der Waals surface area contributed by atoms with Crippen LogP contribution < -0.4 is 10.6 Å². The predicted molar refractivity (Wildman–Crippen MR) is 167 cm³/mol. The molecule has 0 aromatic carbocycles. The molecular formula is C28H48N2O24S. The van der Waals surface area contributed by atoms with E-state index in [-0.39, 0.29) is 0 Å². The smallest absolute Gasteiger partial charge is 0.394 e. The van der Waals surface area contributed by atoms with Gasteiger partial charge in [-0.2, -0.15) is 8.42 Å². The average molecular weight is 829 g/mol. The molecule has 26 nitrogen and oxygen atoms in total. The van der Waals surface area contributed by atoms with Crippen LogP contribution in [0.5, 0.6) is 0 Å². The molecule has 4 fully saturated rings.